The Hall–Kier alpha value is -2.14. The Bertz CT molecular complexity index is 771. The Labute approximate surface area is 176 Å². The molecule has 1 fully saturated rings. The molecule has 0 bridgehead atoms. The number of aromatic nitrogens is 2. The van der Waals surface area contributed by atoms with E-state index in [0.29, 0.717) is 6.04 Å². The molecule has 3 rings (SSSR count). The molecule has 0 unspecified atom stereocenters. The molecule has 0 aliphatic heterocycles. The second-order valence-corrected chi connectivity index (χ2v) is 8.83. The molecule has 0 saturated heterocycles. The Morgan fingerprint density at radius 3 is 2.38 bits per heavy atom. The van der Waals surface area contributed by atoms with Gasteiger partial charge in [0.1, 0.15) is 5.82 Å². The number of anilines is 2. The van der Waals surface area contributed by atoms with Gasteiger partial charge >= 0.3 is 0 Å². The fourth-order valence-corrected chi connectivity index (χ4v) is 4.49. The number of hydrogen-bond acceptors (Lipinski definition) is 5. The van der Waals surface area contributed by atoms with Crippen LogP contribution < -0.4 is 15.5 Å². The molecule has 0 atom stereocenters. The lowest BCUT2D eigenvalue weighted by Crippen LogP contribution is -2.32. The van der Waals surface area contributed by atoms with Crippen molar-refractivity contribution in [1.29, 1.82) is 0 Å². The summed E-state index contributed by atoms with van der Waals surface area (Å²) in [5, 5.41) is 7.24. The van der Waals surface area contributed by atoms with E-state index in [0.717, 1.165) is 37.2 Å². The maximum atomic E-state index is 4.59. The van der Waals surface area contributed by atoms with Gasteiger partial charge in [0, 0.05) is 26.3 Å². The summed E-state index contributed by atoms with van der Waals surface area (Å²) >= 11 is 0. The fourth-order valence-electron chi connectivity index (χ4n) is 4.49. The average Bonchev–Trinajstić information content (AvgIpc) is 2.68. The largest absolute Gasteiger partial charge is 0.363 e. The van der Waals surface area contributed by atoms with E-state index < -0.39 is 0 Å². The summed E-state index contributed by atoms with van der Waals surface area (Å²) in [5.41, 5.74) is 5.73. The molecule has 1 heterocycles. The Kier molecular flexibility index (Phi) is 7.48. The zero-order valence-electron chi connectivity index (χ0n) is 18.8. The molecule has 5 nitrogen and oxygen atoms in total. The Morgan fingerprint density at radius 2 is 1.72 bits per heavy atom. The van der Waals surface area contributed by atoms with Crippen LogP contribution >= 0.6 is 0 Å². The van der Waals surface area contributed by atoms with E-state index in [9.17, 15) is 0 Å². The minimum Gasteiger partial charge on any atom is -0.363 e. The molecule has 1 aliphatic rings. The average molecular weight is 396 g/mol. The van der Waals surface area contributed by atoms with Gasteiger partial charge in [-0.25, -0.2) is 4.98 Å². The third kappa shape index (κ3) is 6.17. The molecule has 1 saturated carbocycles. The third-order valence-corrected chi connectivity index (χ3v) is 6.10. The van der Waals surface area contributed by atoms with E-state index in [2.05, 4.69) is 53.5 Å². The van der Waals surface area contributed by atoms with Crippen LogP contribution in [0, 0.1) is 26.7 Å². The van der Waals surface area contributed by atoms with Gasteiger partial charge in [0.15, 0.2) is 0 Å². The van der Waals surface area contributed by atoms with Crippen LogP contribution in [0.25, 0.3) is 0 Å². The SMILES string of the molecule is Cc1cc(C)c(CCNCC2CCC(Nc3nccc(N(C)C)n3)CC2)c(C)c1. The summed E-state index contributed by atoms with van der Waals surface area (Å²) in [6, 6.07) is 7.03. The standard InChI is InChI=1S/C24H37N5/c1-17-14-18(2)22(19(3)15-17)10-12-25-16-20-6-8-21(9-7-20)27-24-26-13-11-23(28-24)29(4)5/h11,13-15,20-21,25H,6-10,12,16H2,1-5H3,(H,26,27,28). The number of nitrogens with one attached hydrogen (secondary N) is 2. The van der Waals surface area contributed by atoms with E-state index in [1.807, 2.05) is 31.3 Å². The van der Waals surface area contributed by atoms with Crippen molar-refractivity contribution in [2.75, 3.05) is 37.4 Å². The zero-order chi connectivity index (χ0) is 20.8. The number of hydrogen-bond donors (Lipinski definition) is 2. The Balaban J connectivity index is 1.38. The second-order valence-electron chi connectivity index (χ2n) is 8.83. The molecule has 2 N–H and O–H groups in total. The summed E-state index contributed by atoms with van der Waals surface area (Å²) < 4.78 is 0. The normalized spacial score (nSPS) is 19.2. The molecule has 0 spiro atoms. The smallest absolute Gasteiger partial charge is 0.224 e. The van der Waals surface area contributed by atoms with Crippen molar-refractivity contribution in [1.82, 2.24) is 15.3 Å². The molecule has 2 aromatic rings. The van der Waals surface area contributed by atoms with E-state index in [1.165, 1.54) is 47.9 Å². The summed E-state index contributed by atoms with van der Waals surface area (Å²) in [4.78, 5) is 11.0. The molecule has 5 heteroatoms. The van der Waals surface area contributed by atoms with E-state index in [1.54, 1.807) is 0 Å². The van der Waals surface area contributed by atoms with Crippen molar-refractivity contribution in [2.45, 2.75) is 58.9 Å². The van der Waals surface area contributed by atoms with Crippen molar-refractivity contribution < 1.29 is 0 Å². The van der Waals surface area contributed by atoms with Crippen molar-refractivity contribution >= 4 is 11.8 Å². The monoisotopic (exact) mass is 395 g/mol. The minimum absolute atomic E-state index is 0.488. The summed E-state index contributed by atoms with van der Waals surface area (Å²) in [6.45, 7) is 8.85. The molecule has 29 heavy (non-hydrogen) atoms. The molecule has 158 valence electrons. The number of nitrogens with zero attached hydrogens (tertiary/aromatic N) is 3. The van der Waals surface area contributed by atoms with E-state index in [-0.39, 0.29) is 0 Å². The summed E-state index contributed by atoms with van der Waals surface area (Å²) in [7, 11) is 4.01. The quantitative estimate of drug-likeness (QED) is 0.654. The van der Waals surface area contributed by atoms with Gasteiger partial charge < -0.3 is 15.5 Å². The predicted molar refractivity (Wildman–Crippen MR) is 123 cm³/mol. The molecule has 1 aromatic heterocycles. The van der Waals surface area contributed by atoms with Gasteiger partial charge in [-0.15, -0.1) is 0 Å². The van der Waals surface area contributed by atoms with Gasteiger partial charge in [0.2, 0.25) is 5.95 Å². The van der Waals surface area contributed by atoms with Gasteiger partial charge in [0.25, 0.3) is 0 Å². The lowest BCUT2D eigenvalue weighted by atomic mass is 9.86. The van der Waals surface area contributed by atoms with Crippen LogP contribution in [0.1, 0.15) is 47.9 Å². The zero-order valence-corrected chi connectivity index (χ0v) is 18.8. The van der Waals surface area contributed by atoms with Gasteiger partial charge in [-0.3, -0.25) is 0 Å². The first kappa shape index (κ1) is 21.6. The maximum Gasteiger partial charge on any atom is 0.224 e. The lowest BCUT2D eigenvalue weighted by Gasteiger charge is -2.29. The summed E-state index contributed by atoms with van der Waals surface area (Å²) in [5.74, 6) is 2.48. The van der Waals surface area contributed by atoms with E-state index in [4.69, 9.17) is 0 Å². The number of rotatable bonds is 8. The van der Waals surface area contributed by atoms with Crippen molar-refractivity contribution in [3.63, 3.8) is 0 Å². The van der Waals surface area contributed by atoms with Crippen LogP contribution in [0.5, 0.6) is 0 Å². The molecule has 0 amide bonds. The van der Waals surface area contributed by atoms with E-state index >= 15 is 0 Å². The summed E-state index contributed by atoms with van der Waals surface area (Å²) in [6.07, 6.45) is 7.86. The van der Waals surface area contributed by atoms with Crippen LogP contribution in [0.15, 0.2) is 24.4 Å². The highest BCUT2D eigenvalue weighted by Crippen LogP contribution is 2.26. The van der Waals surface area contributed by atoms with Crippen LogP contribution in [0.3, 0.4) is 0 Å². The van der Waals surface area contributed by atoms with Crippen molar-refractivity contribution in [3.05, 3.63) is 46.6 Å². The maximum absolute atomic E-state index is 4.59. The predicted octanol–water partition coefficient (Wildman–Crippen LogP) is 4.27. The highest BCUT2D eigenvalue weighted by Gasteiger charge is 2.21. The van der Waals surface area contributed by atoms with Crippen LogP contribution in [-0.4, -0.2) is 43.2 Å². The van der Waals surface area contributed by atoms with Crippen molar-refractivity contribution in [2.24, 2.45) is 5.92 Å². The van der Waals surface area contributed by atoms with Crippen molar-refractivity contribution in [3.8, 4) is 0 Å². The molecule has 1 aromatic carbocycles. The minimum atomic E-state index is 0.488. The first-order valence-electron chi connectivity index (χ1n) is 11.0. The molecule has 0 radical (unpaired) electrons. The third-order valence-electron chi connectivity index (χ3n) is 6.10. The van der Waals surface area contributed by atoms with Gasteiger partial charge in [-0.1, -0.05) is 17.7 Å². The number of benzene rings is 1. The fraction of sp³-hybridized carbons (Fsp3) is 0.583. The van der Waals surface area contributed by atoms with Gasteiger partial charge in [-0.2, -0.15) is 4.98 Å². The first-order valence-corrected chi connectivity index (χ1v) is 11.0. The highest BCUT2D eigenvalue weighted by molar-refractivity contribution is 5.41. The van der Waals surface area contributed by atoms with Crippen LogP contribution in [-0.2, 0) is 6.42 Å². The van der Waals surface area contributed by atoms with Crippen LogP contribution in [0.4, 0.5) is 11.8 Å². The number of aryl methyl sites for hydroxylation is 3. The lowest BCUT2D eigenvalue weighted by molar-refractivity contribution is 0.325. The Morgan fingerprint density at radius 1 is 1.03 bits per heavy atom. The molecule has 1 aliphatic carbocycles. The van der Waals surface area contributed by atoms with Gasteiger partial charge in [0.05, 0.1) is 0 Å². The van der Waals surface area contributed by atoms with Crippen LogP contribution in [0.2, 0.25) is 0 Å². The van der Waals surface area contributed by atoms with Gasteiger partial charge in [-0.05, 0) is 94.6 Å². The molecular formula is C24H37N5. The first-order chi connectivity index (χ1) is 13.9. The molecular weight excluding hydrogens is 358 g/mol. The second kappa shape index (κ2) is 10.1. The highest BCUT2D eigenvalue weighted by atomic mass is 15.2. The topological polar surface area (TPSA) is 53.1 Å².